The molecule has 112 valence electrons. The van der Waals surface area contributed by atoms with E-state index in [1.807, 2.05) is 0 Å². The minimum Gasteiger partial charge on any atom is -0.324 e. The molecule has 0 saturated heterocycles. The molecule has 5 aliphatic rings. The average molecular weight is 275 g/mol. The van der Waals surface area contributed by atoms with Crippen molar-refractivity contribution in [1.29, 1.82) is 0 Å². The zero-order valence-electron chi connectivity index (χ0n) is 12.7. The van der Waals surface area contributed by atoms with E-state index in [4.69, 9.17) is 5.73 Å². The highest BCUT2D eigenvalue weighted by molar-refractivity contribution is 5.87. The standard InChI is InChI=1S/C18H29NO/c19-12-16(20)18(4-2-1-3-5-18)17-9-13-6-14(10-17)8-15(7-13)11-17/h13-15H,1-12,19H2. The molecule has 0 unspecified atom stereocenters. The quantitative estimate of drug-likeness (QED) is 0.853. The Hall–Kier alpha value is -0.370. The van der Waals surface area contributed by atoms with E-state index >= 15 is 0 Å². The number of carbonyl (C=O) groups is 1. The fourth-order valence-electron chi connectivity index (χ4n) is 7.15. The predicted octanol–water partition coefficient (Wildman–Crippen LogP) is 3.68. The van der Waals surface area contributed by atoms with E-state index in [0.29, 0.717) is 11.2 Å². The topological polar surface area (TPSA) is 43.1 Å². The van der Waals surface area contributed by atoms with Gasteiger partial charge < -0.3 is 5.73 Å². The van der Waals surface area contributed by atoms with Crippen LogP contribution in [-0.2, 0) is 4.79 Å². The lowest BCUT2D eigenvalue weighted by atomic mass is 9.40. The Kier molecular flexibility index (Phi) is 3.03. The van der Waals surface area contributed by atoms with E-state index in [2.05, 4.69) is 0 Å². The van der Waals surface area contributed by atoms with Crippen molar-refractivity contribution < 1.29 is 4.79 Å². The molecule has 0 aliphatic heterocycles. The van der Waals surface area contributed by atoms with Gasteiger partial charge in [-0.05, 0) is 74.5 Å². The fraction of sp³-hybridized carbons (Fsp3) is 0.944. The maximum Gasteiger partial charge on any atom is 0.153 e. The van der Waals surface area contributed by atoms with Crippen LogP contribution in [0.4, 0.5) is 0 Å². The molecule has 5 rings (SSSR count). The van der Waals surface area contributed by atoms with Crippen LogP contribution in [0.15, 0.2) is 0 Å². The van der Waals surface area contributed by atoms with Crippen molar-refractivity contribution in [1.82, 2.24) is 0 Å². The molecular formula is C18H29NO. The van der Waals surface area contributed by atoms with Crippen LogP contribution >= 0.6 is 0 Å². The third-order valence-corrected chi connectivity index (χ3v) is 7.48. The molecule has 0 aromatic rings. The smallest absolute Gasteiger partial charge is 0.153 e. The van der Waals surface area contributed by atoms with Crippen molar-refractivity contribution in [3.8, 4) is 0 Å². The Morgan fingerprint density at radius 3 is 1.85 bits per heavy atom. The summed E-state index contributed by atoms with van der Waals surface area (Å²) in [5.74, 6) is 3.22. The van der Waals surface area contributed by atoms with E-state index in [0.717, 1.165) is 30.6 Å². The molecule has 5 fully saturated rings. The predicted molar refractivity (Wildman–Crippen MR) is 80.2 cm³/mol. The van der Waals surface area contributed by atoms with Crippen LogP contribution in [0.25, 0.3) is 0 Å². The Morgan fingerprint density at radius 1 is 0.900 bits per heavy atom. The molecule has 4 bridgehead atoms. The summed E-state index contributed by atoms with van der Waals surface area (Å²) in [6.07, 6.45) is 14.6. The van der Waals surface area contributed by atoms with Gasteiger partial charge in [-0.25, -0.2) is 0 Å². The Morgan fingerprint density at radius 2 is 1.40 bits per heavy atom. The Balaban J connectivity index is 1.73. The second-order valence-electron chi connectivity index (χ2n) is 8.47. The van der Waals surface area contributed by atoms with Gasteiger partial charge in [0.2, 0.25) is 0 Å². The Bertz CT molecular complexity index is 372. The molecule has 2 heteroatoms. The van der Waals surface area contributed by atoms with Gasteiger partial charge in [-0.2, -0.15) is 0 Å². The number of hydrogen-bond acceptors (Lipinski definition) is 2. The maximum absolute atomic E-state index is 12.9. The van der Waals surface area contributed by atoms with Crippen molar-refractivity contribution in [2.45, 2.75) is 70.6 Å². The van der Waals surface area contributed by atoms with Gasteiger partial charge in [0.25, 0.3) is 0 Å². The second kappa shape index (κ2) is 4.56. The molecule has 20 heavy (non-hydrogen) atoms. The van der Waals surface area contributed by atoms with Gasteiger partial charge in [-0.3, -0.25) is 4.79 Å². The van der Waals surface area contributed by atoms with Gasteiger partial charge in [0.1, 0.15) is 0 Å². The minimum atomic E-state index is -0.0178. The highest BCUT2D eigenvalue weighted by atomic mass is 16.1. The van der Waals surface area contributed by atoms with Crippen molar-refractivity contribution in [3.63, 3.8) is 0 Å². The van der Waals surface area contributed by atoms with Crippen LogP contribution < -0.4 is 5.73 Å². The first-order valence-corrected chi connectivity index (χ1v) is 8.91. The summed E-state index contributed by atoms with van der Waals surface area (Å²) in [6, 6.07) is 0. The lowest BCUT2D eigenvalue weighted by Gasteiger charge is -2.64. The molecule has 0 atom stereocenters. The summed E-state index contributed by atoms with van der Waals surface area (Å²) < 4.78 is 0. The summed E-state index contributed by atoms with van der Waals surface area (Å²) in [7, 11) is 0. The number of hydrogen-bond donors (Lipinski definition) is 1. The van der Waals surface area contributed by atoms with Crippen LogP contribution in [0.3, 0.4) is 0 Å². The first-order valence-electron chi connectivity index (χ1n) is 8.91. The molecule has 5 saturated carbocycles. The number of nitrogens with two attached hydrogens (primary N) is 1. The highest BCUT2D eigenvalue weighted by Crippen LogP contribution is 2.68. The molecule has 5 aliphatic carbocycles. The largest absolute Gasteiger partial charge is 0.324 e. The van der Waals surface area contributed by atoms with Crippen LogP contribution in [0.5, 0.6) is 0 Å². The monoisotopic (exact) mass is 275 g/mol. The van der Waals surface area contributed by atoms with Gasteiger partial charge in [-0.15, -0.1) is 0 Å². The van der Waals surface area contributed by atoms with Gasteiger partial charge in [0.15, 0.2) is 5.78 Å². The molecule has 0 radical (unpaired) electrons. The maximum atomic E-state index is 12.9. The first-order chi connectivity index (χ1) is 9.67. The van der Waals surface area contributed by atoms with E-state index in [-0.39, 0.29) is 12.0 Å². The molecule has 0 amide bonds. The SMILES string of the molecule is NCC(=O)C1(C23CC4CC(CC(C4)C2)C3)CCCCC1. The third kappa shape index (κ3) is 1.70. The number of rotatable bonds is 3. The van der Waals surface area contributed by atoms with Crippen molar-refractivity contribution in [2.24, 2.45) is 34.3 Å². The molecule has 2 nitrogen and oxygen atoms in total. The zero-order valence-corrected chi connectivity index (χ0v) is 12.7. The van der Waals surface area contributed by atoms with Gasteiger partial charge in [-0.1, -0.05) is 19.3 Å². The molecule has 0 aromatic heterocycles. The summed E-state index contributed by atoms with van der Waals surface area (Å²) in [5, 5.41) is 0. The van der Waals surface area contributed by atoms with E-state index < -0.39 is 0 Å². The molecular weight excluding hydrogens is 246 g/mol. The van der Waals surface area contributed by atoms with Crippen molar-refractivity contribution in [2.75, 3.05) is 6.54 Å². The average Bonchev–Trinajstić information content (AvgIpc) is 2.45. The molecule has 0 spiro atoms. The second-order valence-corrected chi connectivity index (χ2v) is 8.47. The lowest BCUT2D eigenvalue weighted by Crippen LogP contribution is -2.59. The van der Waals surface area contributed by atoms with Crippen molar-refractivity contribution in [3.05, 3.63) is 0 Å². The lowest BCUT2D eigenvalue weighted by molar-refractivity contribution is -0.166. The summed E-state index contributed by atoms with van der Waals surface area (Å²) >= 11 is 0. The Labute approximate surface area is 122 Å². The first kappa shape index (κ1) is 13.3. The van der Waals surface area contributed by atoms with Crippen LogP contribution in [-0.4, -0.2) is 12.3 Å². The molecule has 2 N–H and O–H groups in total. The third-order valence-electron chi connectivity index (χ3n) is 7.48. The van der Waals surface area contributed by atoms with Crippen molar-refractivity contribution >= 4 is 5.78 Å². The number of Topliss-reactive ketones (excluding diaryl/α,β-unsaturated/α-hetero) is 1. The van der Waals surface area contributed by atoms with Gasteiger partial charge >= 0.3 is 0 Å². The molecule has 0 aromatic carbocycles. The highest BCUT2D eigenvalue weighted by Gasteiger charge is 2.62. The van der Waals surface area contributed by atoms with E-state index in [9.17, 15) is 4.79 Å². The van der Waals surface area contributed by atoms with E-state index in [1.54, 1.807) is 0 Å². The normalized spacial score (nSPS) is 45.5. The van der Waals surface area contributed by atoms with E-state index in [1.165, 1.54) is 57.8 Å². The van der Waals surface area contributed by atoms with Gasteiger partial charge in [0, 0.05) is 5.41 Å². The summed E-state index contributed by atoms with van der Waals surface area (Å²) in [4.78, 5) is 12.9. The number of ketones is 1. The van der Waals surface area contributed by atoms with Gasteiger partial charge in [0.05, 0.1) is 6.54 Å². The molecule has 0 heterocycles. The fourth-order valence-corrected chi connectivity index (χ4v) is 7.15. The summed E-state index contributed by atoms with van der Waals surface area (Å²) in [6.45, 7) is 0.280. The van der Waals surface area contributed by atoms with Crippen LogP contribution in [0.2, 0.25) is 0 Å². The zero-order chi connectivity index (χ0) is 13.8. The summed E-state index contributed by atoms with van der Waals surface area (Å²) in [5.41, 5.74) is 6.20. The number of carbonyl (C=O) groups excluding carboxylic acids is 1. The van der Waals surface area contributed by atoms with Crippen LogP contribution in [0, 0.1) is 28.6 Å². The van der Waals surface area contributed by atoms with Crippen LogP contribution in [0.1, 0.15) is 70.6 Å². The minimum absolute atomic E-state index is 0.0178.